The highest BCUT2D eigenvalue weighted by atomic mass is 79.9. The summed E-state index contributed by atoms with van der Waals surface area (Å²) in [6.07, 6.45) is 0. The summed E-state index contributed by atoms with van der Waals surface area (Å²) in [5, 5.41) is 7.97. The average Bonchev–Trinajstić information content (AvgIpc) is 1.85. The first-order valence-corrected chi connectivity index (χ1v) is 3.87. The predicted octanol–water partition coefficient (Wildman–Crippen LogP) is 2.96. The van der Waals surface area contributed by atoms with Crippen LogP contribution in [0.1, 0.15) is 0 Å². The molecule has 0 rings (SSSR count). The molecule has 0 spiro atoms. The number of rotatable bonds is 3. The monoisotopic (exact) mass is 254 g/mol. The molecule has 12 heavy (non-hydrogen) atoms. The van der Waals surface area contributed by atoms with Crippen molar-refractivity contribution in [3.8, 4) is 0 Å². The lowest BCUT2D eigenvalue weighted by atomic mass is 10.2. The van der Waals surface area contributed by atoms with Crippen LogP contribution < -0.4 is 0 Å². The Kier molecular flexibility index (Phi) is 4.20. The normalized spacial score (nSPS) is 11.9. The maximum atomic E-state index is 12.4. The van der Waals surface area contributed by atoms with E-state index in [1.807, 2.05) is 0 Å². The zero-order chi connectivity index (χ0) is 9.89. The molecule has 0 fully saturated rings. The van der Waals surface area contributed by atoms with Gasteiger partial charge in [0.2, 0.25) is 0 Å². The quantitative estimate of drug-likeness (QED) is 0.622. The van der Waals surface area contributed by atoms with Gasteiger partial charge in [0, 0.05) is 4.48 Å². The van der Waals surface area contributed by atoms with Crippen LogP contribution >= 0.6 is 27.5 Å². The van der Waals surface area contributed by atoms with Crippen molar-refractivity contribution in [1.82, 2.24) is 0 Å². The molecular weight excluding hydrogens is 250 g/mol. The van der Waals surface area contributed by atoms with Gasteiger partial charge in [0.15, 0.2) is 0 Å². The molecule has 0 unspecified atom stereocenters. The smallest absolute Gasteiger partial charge is 0.338 e. The summed E-state index contributed by atoms with van der Waals surface area (Å²) in [6, 6.07) is 0. The number of hydrogen-bond donors (Lipinski definition) is 1. The number of hydrogen-bond acceptors (Lipinski definition) is 1. The lowest BCUT2D eigenvalue weighted by molar-refractivity contribution is -0.132. The van der Waals surface area contributed by atoms with E-state index in [0.29, 0.717) is 0 Å². The van der Waals surface area contributed by atoms with Crippen LogP contribution in [-0.4, -0.2) is 11.1 Å². The van der Waals surface area contributed by atoms with Crippen LogP contribution in [0.3, 0.4) is 0 Å². The molecule has 1 N–H and O–H groups in total. The molecule has 0 aliphatic carbocycles. The molecule has 5 heteroatoms. The second-order valence-corrected chi connectivity index (χ2v) is 3.14. The minimum Gasteiger partial charge on any atom is -0.478 e. The van der Waals surface area contributed by atoms with Gasteiger partial charge in [-0.25, -0.2) is 9.18 Å². The number of carbonyl (C=O) groups is 1. The third-order valence-corrected chi connectivity index (χ3v) is 1.73. The first-order chi connectivity index (χ1) is 5.37. The van der Waals surface area contributed by atoms with E-state index >= 15 is 0 Å². The molecule has 0 bridgehead atoms. The molecule has 0 heterocycles. The van der Waals surface area contributed by atoms with E-state index in [1.165, 1.54) is 0 Å². The maximum Gasteiger partial charge on any atom is 0.338 e. The van der Waals surface area contributed by atoms with Gasteiger partial charge in [-0.05, 0) is 0 Å². The predicted molar refractivity (Wildman–Crippen MR) is 48.8 cm³/mol. The van der Waals surface area contributed by atoms with Gasteiger partial charge in [-0.2, -0.15) is 0 Å². The largest absolute Gasteiger partial charge is 0.478 e. The average molecular weight is 255 g/mol. The minimum absolute atomic E-state index is 0.00111. The van der Waals surface area contributed by atoms with Crippen molar-refractivity contribution < 1.29 is 14.3 Å². The zero-order valence-corrected chi connectivity index (χ0v) is 8.25. The first kappa shape index (κ1) is 11.4. The molecule has 0 saturated heterocycles. The second-order valence-electron chi connectivity index (χ2n) is 1.80. The number of aliphatic carboxylic acids is 1. The Morgan fingerprint density at radius 2 is 1.92 bits per heavy atom. The van der Waals surface area contributed by atoms with Gasteiger partial charge in [0.05, 0.1) is 10.6 Å². The summed E-state index contributed by atoms with van der Waals surface area (Å²) in [5.41, 5.74) is -0.427. The molecule has 0 atom stereocenters. The maximum absolute atomic E-state index is 12.4. The standard InChI is InChI=1S/C7H5BrClFO2/c1-3(8)5(7(11)12)6(9)4(2)10/h1-2H2,(H,11,12)/b6-5-. The third kappa shape index (κ3) is 2.79. The van der Waals surface area contributed by atoms with Crippen molar-refractivity contribution in [1.29, 1.82) is 0 Å². The van der Waals surface area contributed by atoms with E-state index in [9.17, 15) is 9.18 Å². The fraction of sp³-hybridized carbons (Fsp3) is 0. The summed E-state index contributed by atoms with van der Waals surface area (Å²) in [4.78, 5) is 10.4. The Morgan fingerprint density at radius 1 is 1.50 bits per heavy atom. The van der Waals surface area contributed by atoms with Gasteiger partial charge in [-0.15, -0.1) is 0 Å². The number of carboxylic acids is 1. The third-order valence-electron chi connectivity index (χ3n) is 0.943. The lowest BCUT2D eigenvalue weighted by Crippen LogP contribution is -2.02. The van der Waals surface area contributed by atoms with E-state index in [-0.39, 0.29) is 4.48 Å². The van der Waals surface area contributed by atoms with Crippen LogP contribution in [0.2, 0.25) is 0 Å². The van der Waals surface area contributed by atoms with Gasteiger partial charge in [0.25, 0.3) is 0 Å². The molecule has 0 aliphatic heterocycles. The summed E-state index contributed by atoms with van der Waals surface area (Å²) in [5.74, 6) is -2.37. The number of carboxylic acid groups (broad SMARTS) is 1. The van der Waals surface area contributed by atoms with Crippen molar-refractivity contribution in [2.24, 2.45) is 0 Å². The van der Waals surface area contributed by atoms with E-state index in [1.54, 1.807) is 0 Å². The minimum atomic E-state index is -1.36. The number of halogens is 3. The Morgan fingerprint density at radius 3 is 2.00 bits per heavy atom. The van der Waals surface area contributed by atoms with Crippen LogP contribution in [-0.2, 0) is 4.79 Å². The highest BCUT2D eigenvalue weighted by molar-refractivity contribution is 9.12. The Balaban J connectivity index is 5.23. The Labute approximate surface area is 82.2 Å². The van der Waals surface area contributed by atoms with Crippen molar-refractivity contribution >= 4 is 33.5 Å². The van der Waals surface area contributed by atoms with Crippen LogP contribution in [0.4, 0.5) is 4.39 Å². The summed E-state index contributed by atoms with van der Waals surface area (Å²) < 4.78 is 12.4. The summed E-state index contributed by atoms with van der Waals surface area (Å²) >= 11 is 8.09. The van der Waals surface area contributed by atoms with E-state index in [0.717, 1.165) is 0 Å². The summed E-state index contributed by atoms with van der Waals surface area (Å²) in [6.45, 7) is 6.12. The molecule has 0 radical (unpaired) electrons. The van der Waals surface area contributed by atoms with Gasteiger partial charge in [-0.1, -0.05) is 40.7 Å². The molecule has 0 saturated carbocycles. The molecule has 0 aromatic rings. The van der Waals surface area contributed by atoms with E-state index < -0.39 is 22.4 Å². The molecule has 0 aliphatic rings. The number of allylic oxidation sites excluding steroid dienone is 2. The molecule has 0 aromatic heterocycles. The lowest BCUT2D eigenvalue weighted by Gasteiger charge is -2.01. The van der Waals surface area contributed by atoms with Crippen molar-refractivity contribution in [3.05, 3.63) is 34.1 Å². The van der Waals surface area contributed by atoms with Crippen LogP contribution in [0.15, 0.2) is 34.1 Å². The highest BCUT2D eigenvalue weighted by Gasteiger charge is 2.16. The fourth-order valence-corrected chi connectivity index (χ4v) is 1.14. The van der Waals surface area contributed by atoms with Crippen molar-refractivity contribution in [2.75, 3.05) is 0 Å². The van der Waals surface area contributed by atoms with Gasteiger partial charge in [0.1, 0.15) is 5.83 Å². The van der Waals surface area contributed by atoms with Gasteiger partial charge >= 0.3 is 5.97 Å². The topological polar surface area (TPSA) is 37.3 Å². The van der Waals surface area contributed by atoms with Crippen molar-refractivity contribution in [3.63, 3.8) is 0 Å². The first-order valence-electron chi connectivity index (χ1n) is 2.70. The van der Waals surface area contributed by atoms with Crippen LogP contribution in [0, 0.1) is 0 Å². The van der Waals surface area contributed by atoms with Gasteiger partial charge < -0.3 is 5.11 Å². The summed E-state index contributed by atoms with van der Waals surface area (Å²) in [7, 11) is 0. The van der Waals surface area contributed by atoms with Crippen molar-refractivity contribution in [2.45, 2.75) is 0 Å². The molecule has 2 nitrogen and oxygen atoms in total. The van der Waals surface area contributed by atoms with Crippen LogP contribution in [0.5, 0.6) is 0 Å². The van der Waals surface area contributed by atoms with E-state index in [4.69, 9.17) is 16.7 Å². The Bertz CT molecular complexity index is 267. The molecule has 0 aromatic carbocycles. The van der Waals surface area contributed by atoms with E-state index in [2.05, 4.69) is 29.1 Å². The highest BCUT2D eigenvalue weighted by Crippen LogP contribution is 2.26. The fourth-order valence-electron chi connectivity index (χ4n) is 0.465. The van der Waals surface area contributed by atoms with Gasteiger partial charge in [-0.3, -0.25) is 0 Å². The molecule has 0 amide bonds. The SMILES string of the molecule is C=C(F)/C(Cl)=C(\C(=C)Br)C(=O)O. The zero-order valence-electron chi connectivity index (χ0n) is 5.90. The molecular formula is C7H5BrClFO2. The Hall–Kier alpha value is -0.610. The van der Waals surface area contributed by atoms with Crippen LogP contribution in [0.25, 0.3) is 0 Å². The molecule has 66 valence electrons. The second kappa shape index (κ2) is 4.42.